The number of aliphatic hydroxyl groups is 2. The number of fused-ring (bicyclic) bond motifs is 1. The first-order valence-electron chi connectivity index (χ1n) is 10.9. The first-order valence-corrected chi connectivity index (χ1v) is 10.9. The Hall–Kier alpha value is -3.41. The summed E-state index contributed by atoms with van der Waals surface area (Å²) in [5, 5.41) is 35.8. The molecule has 1 atom stereocenters. The lowest BCUT2D eigenvalue weighted by molar-refractivity contribution is -0.0458. The summed E-state index contributed by atoms with van der Waals surface area (Å²) < 4.78 is 1.69. The number of carbonyl (C=O) groups is 1. The fraction of sp³-hybridized carbons (Fsp3) is 0.409. The summed E-state index contributed by atoms with van der Waals surface area (Å²) in [4.78, 5) is 17.4. The largest absolute Gasteiger partial charge is 0.393 e. The van der Waals surface area contributed by atoms with Gasteiger partial charge in [0.25, 0.3) is 0 Å². The molecule has 2 aliphatic rings. The number of allylic oxidation sites excluding steroid dienone is 1. The molecule has 1 fully saturated rings. The van der Waals surface area contributed by atoms with E-state index in [-0.39, 0.29) is 28.7 Å². The normalized spacial score (nSPS) is 27.3. The van der Waals surface area contributed by atoms with Crippen molar-refractivity contribution in [1.29, 1.82) is 0 Å². The van der Waals surface area contributed by atoms with Crippen molar-refractivity contribution in [1.82, 2.24) is 29.4 Å². The van der Waals surface area contributed by atoms with Crippen molar-refractivity contribution >= 4 is 34.7 Å². The third-order valence-corrected chi connectivity index (χ3v) is 6.80. The number of aromatic nitrogens is 5. The van der Waals surface area contributed by atoms with Crippen LogP contribution in [0.1, 0.15) is 60.1 Å². The van der Waals surface area contributed by atoms with Crippen molar-refractivity contribution in [3.8, 4) is 0 Å². The van der Waals surface area contributed by atoms with Gasteiger partial charge in [0.15, 0.2) is 11.4 Å². The predicted molar refractivity (Wildman–Crippen MR) is 123 cm³/mol. The highest BCUT2D eigenvalue weighted by atomic mass is 16.3. The number of aromatic amines is 1. The van der Waals surface area contributed by atoms with Gasteiger partial charge in [0.2, 0.25) is 5.69 Å². The quantitative estimate of drug-likeness (QED) is 0.339. The third-order valence-electron chi connectivity index (χ3n) is 6.80. The fourth-order valence-corrected chi connectivity index (χ4v) is 4.77. The van der Waals surface area contributed by atoms with E-state index in [0.29, 0.717) is 42.6 Å². The zero-order valence-corrected chi connectivity index (χ0v) is 18.6. The topological polar surface area (TPSA) is 155 Å². The minimum absolute atomic E-state index is 0.0519. The third kappa shape index (κ3) is 3.45. The van der Waals surface area contributed by atoms with Crippen molar-refractivity contribution in [3.63, 3.8) is 0 Å². The summed E-state index contributed by atoms with van der Waals surface area (Å²) in [6.07, 6.45) is 11.0. The smallest absolute Gasteiger partial charge is 0.201 e. The Morgan fingerprint density at radius 1 is 1.36 bits per heavy atom. The van der Waals surface area contributed by atoms with Crippen LogP contribution in [0.2, 0.25) is 0 Å². The molecule has 3 aromatic heterocycles. The van der Waals surface area contributed by atoms with Gasteiger partial charge in [-0.3, -0.25) is 9.89 Å². The standard InChI is InChI=1S/C22H26N8O3/c1-13(32)18-19(14-3-5-22(33,12-31)6-4-14)28-21-17(10-26-29(21)20(18)23)15-7-27-30(2,11-15)16-8-24-25-9-16/h7-11,14,31,33H,3-6,12H2,1-2H3,(H2-,23,24,25,26,28,32)/p+1/t14?,22?,30-/m1/s1. The maximum Gasteiger partial charge on any atom is 0.201 e. The summed E-state index contributed by atoms with van der Waals surface area (Å²) >= 11 is 0. The number of nitrogens with two attached hydrogens (primary N) is 1. The Balaban J connectivity index is 1.60. The maximum absolute atomic E-state index is 12.5. The zero-order chi connectivity index (χ0) is 23.4. The number of hydrogen-bond acceptors (Lipinski definition) is 8. The highest BCUT2D eigenvalue weighted by Gasteiger charge is 2.36. The first kappa shape index (κ1) is 21.4. The molecule has 11 nitrogen and oxygen atoms in total. The van der Waals surface area contributed by atoms with Gasteiger partial charge in [-0.2, -0.15) is 14.7 Å². The molecule has 0 amide bonds. The van der Waals surface area contributed by atoms with Crippen LogP contribution in [0.15, 0.2) is 29.9 Å². The molecule has 1 aliphatic carbocycles. The number of anilines is 1. The molecule has 0 aromatic carbocycles. The van der Waals surface area contributed by atoms with Gasteiger partial charge in [-0.15, -0.1) is 4.59 Å². The molecule has 3 aromatic rings. The Morgan fingerprint density at radius 3 is 2.76 bits per heavy atom. The van der Waals surface area contributed by atoms with Crippen LogP contribution in [0.4, 0.5) is 11.5 Å². The molecule has 11 heteroatoms. The van der Waals surface area contributed by atoms with Crippen LogP contribution in [0, 0.1) is 0 Å². The molecule has 5 N–H and O–H groups in total. The first-order chi connectivity index (χ1) is 15.7. The second kappa shape index (κ2) is 7.58. The van der Waals surface area contributed by atoms with E-state index in [4.69, 9.17) is 10.7 Å². The van der Waals surface area contributed by atoms with Gasteiger partial charge >= 0.3 is 0 Å². The van der Waals surface area contributed by atoms with Crippen LogP contribution in [0.25, 0.3) is 11.2 Å². The van der Waals surface area contributed by atoms with Gasteiger partial charge in [-0.05, 0) is 32.6 Å². The number of aliphatic hydroxyl groups excluding tert-OH is 1. The van der Waals surface area contributed by atoms with E-state index >= 15 is 0 Å². The number of rotatable bonds is 5. The van der Waals surface area contributed by atoms with Crippen LogP contribution >= 0.6 is 0 Å². The van der Waals surface area contributed by atoms with Crippen LogP contribution in [0.3, 0.4) is 0 Å². The number of ketones is 1. The summed E-state index contributed by atoms with van der Waals surface area (Å²) in [6.45, 7) is 1.20. The summed E-state index contributed by atoms with van der Waals surface area (Å²) in [5.74, 6) is 0.0196. The molecular formula is C22H27N8O3+. The number of nitrogens with zero attached hydrogens (tertiary/aromatic N) is 6. The van der Waals surface area contributed by atoms with E-state index < -0.39 is 5.60 Å². The average Bonchev–Trinajstić information content (AvgIpc) is 3.54. The molecule has 1 aliphatic heterocycles. The Bertz CT molecular complexity index is 1280. The van der Waals surface area contributed by atoms with E-state index in [1.165, 1.54) is 11.4 Å². The molecule has 33 heavy (non-hydrogen) atoms. The lowest BCUT2D eigenvalue weighted by atomic mass is 9.77. The van der Waals surface area contributed by atoms with E-state index in [1.54, 1.807) is 24.8 Å². The number of H-pyrrole nitrogens is 1. The summed E-state index contributed by atoms with van der Waals surface area (Å²) in [5.41, 5.74) is 9.36. The molecular weight excluding hydrogens is 424 g/mol. The summed E-state index contributed by atoms with van der Waals surface area (Å²) in [6, 6.07) is 0. The minimum atomic E-state index is -1.08. The Morgan fingerprint density at radius 2 is 2.12 bits per heavy atom. The molecule has 0 radical (unpaired) electrons. The zero-order valence-electron chi connectivity index (χ0n) is 18.6. The van der Waals surface area contributed by atoms with Gasteiger partial charge in [0, 0.05) is 5.92 Å². The van der Waals surface area contributed by atoms with Gasteiger partial charge < -0.3 is 15.9 Å². The van der Waals surface area contributed by atoms with Crippen LogP contribution in [-0.2, 0) is 0 Å². The maximum atomic E-state index is 12.5. The average molecular weight is 452 g/mol. The number of Topliss-reactive ketones (excluding diaryl/α,β-unsaturated/α-hetero) is 1. The van der Waals surface area contributed by atoms with Crippen LogP contribution in [0.5, 0.6) is 0 Å². The van der Waals surface area contributed by atoms with Crippen LogP contribution < -0.4 is 10.3 Å². The van der Waals surface area contributed by atoms with Gasteiger partial charge in [0.05, 0.1) is 53.2 Å². The van der Waals surface area contributed by atoms with Crippen molar-refractivity contribution < 1.29 is 15.0 Å². The van der Waals surface area contributed by atoms with Crippen molar-refractivity contribution in [2.75, 3.05) is 19.4 Å². The van der Waals surface area contributed by atoms with Gasteiger partial charge in [-0.25, -0.2) is 4.98 Å². The molecule has 0 saturated heterocycles. The minimum Gasteiger partial charge on any atom is -0.393 e. The lowest BCUT2D eigenvalue weighted by Crippen LogP contribution is -2.37. The van der Waals surface area contributed by atoms with Crippen molar-refractivity contribution in [2.24, 2.45) is 5.10 Å². The highest BCUT2D eigenvalue weighted by Crippen LogP contribution is 2.40. The van der Waals surface area contributed by atoms with E-state index in [2.05, 4.69) is 20.4 Å². The molecule has 5 rings (SSSR count). The van der Waals surface area contributed by atoms with Crippen molar-refractivity contribution in [3.05, 3.63) is 41.6 Å². The van der Waals surface area contributed by atoms with E-state index in [9.17, 15) is 15.0 Å². The molecule has 0 bridgehead atoms. The second-order valence-corrected chi connectivity index (χ2v) is 9.08. The van der Waals surface area contributed by atoms with Gasteiger partial charge in [-0.1, -0.05) is 5.10 Å². The molecule has 4 heterocycles. The van der Waals surface area contributed by atoms with Gasteiger partial charge in [0.1, 0.15) is 25.3 Å². The second-order valence-electron chi connectivity index (χ2n) is 9.08. The van der Waals surface area contributed by atoms with Crippen LogP contribution in [-0.4, -0.2) is 66.3 Å². The van der Waals surface area contributed by atoms with Crippen molar-refractivity contribution in [2.45, 2.75) is 44.1 Å². The number of carbonyl (C=O) groups excluding carboxylic acids is 1. The predicted octanol–water partition coefficient (Wildman–Crippen LogP) is 1.60. The Kier molecular flexibility index (Phi) is 4.92. The number of nitrogens with one attached hydrogen (secondary N) is 1. The van der Waals surface area contributed by atoms with E-state index in [0.717, 1.165) is 16.8 Å². The number of hydrogen-bond donors (Lipinski definition) is 4. The van der Waals surface area contributed by atoms with E-state index in [1.807, 2.05) is 13.2 Å². The lowest BCUT2D eigenvalue weighted by Gasteiger charge is -2.34. The molecule has 1 saturated carbocycles. The summed E-state index contributed by atoms with van der Waals surface area (Å²) in [7, 11) is 1.94. The number of nitrogen functional groups attached to an aromatic ring is 1. The Labute approximate surface area is 189 Å². The highest BCUT2D eigenvalue weighted by molar-refractivity contribution is 6.14. The monoisotopic (exact) mass is 451 g/mol. The molecule has 0 spiro atoms. The molecule has 0 unspecified atom stereocenters. The fourth-order valence-electron chi connectivity index (χ4n) is 4.77. The number of quaternary nitrogens is 1. The SMILES string of the molecule is CC(=O)c1c(C2CCC(O)(CO)CC2)nc2c(C3=C[N@+](C)(c4cn[nH]c4)N=C3)cnn2c1N. The molecule has 172 valence electrons.